The fourth-order valence-electron chi connectivity index (χ4n) is 3.07. The molecule has 2 aromatic carbocycles. The van der Waals surface area contributed by atoms with E-state index in [1.807, 2.05) is 24.3 Å². The van der Waals surface area contributed by atoms with E-state index in [2.05, 4.69) is 27.1 Å². The molecule has 132 valence electrons. The van der Waals surface area contributed by atoms with Crippen LogP contribution in [0.1, 0.15) is 36.8 Å². The number of hydrogen-bond donors (Lipinski definition) is 0. The molecule has 4 rings (SSSR count). The molecule has 5 nitrogen and oxygen atoms in total. The largest absolute Gasteiger partial charge is 0.461 e. The number of halogens is 1. The number of benzene rings is 2. The van der Waals surface area contributed by atoms with Gasteiger partial charge in [-0.15, -0.1) is 0 Å². The van der Waals surface area contributed by atoms with Crippen LogP contribution in [0.2, 0.25) is 0 Å². The van der Waals surface area contributed by atoms with E-state index in [1.54, 1.807) is 12.3 Å². The van der Waals surface area contributed by atoms with Crippen molar-refractivity contribution in [2.75, 3.05) is 0 Å². The Morgan fingerprint density at radius 1 is 1.31 bits per heavy atom. The molecule has 1 aliphatic carbocycles. The van der Waals surface area contributed by atoms with Gasteiger partial charge in [-0.2, -0.15) is 9.78 Å². The lowest BCUT2D eigenvalue weighted by atomic mass is 10.1. The van der Waals surface area contributed by atoms with E-state index in [9.17, 15) is 9.59 Å². The van der Waals surface area contributed by atoms with Gasteiger partial charge in [-0.3, -0.25) is 9.59 Å². The third-order valence-electron chi connectivity index (χ3n) is 4.60. The summed E-state index contributed by atoms with van der Waals surface area (Å²) in [6, 6.07) is 11.4. The Hall–Kier alpha value is -2.47. The summed E-state index contributed by atoms with van der Waals surface area (Å²) in [6.07, 6.45) is 4.15. The molecule has 6 heteroatoms. The van der Waals surface area contributed by atoms with E-state index in [1.165, 1.54) is 30.0 Å². The summed E-state index contributed by atoms with van der Waals surface area (Å²) >= 11 is 3.47. The van der Waals surface area contributed by atoms with Crippen LogP contribution in [0.5, 0.6) is 0 Å². The SMILES string of the molecule is CC(=O)OCc1c(Br)cccc1-n1ncc2cc(C3CC3)ccc2c1=O. The summed E-state index contributed by atoms with van der Waals surface area (Å²) in [5.74, 6) is 0.250. The fraction of sp³-hybridized carbons (Fsp3) is 0.250. The van der Waals surface area contributed by atoms with Crippen molar-refractivity contribution in [3.8, 4) is 5.69 Å². The average Bonchev–Trinajstić information content (AvgIpc) is 3.46. The number of nitrogens with zero attached hydrogens (tertiary/aromatic N) is 2. The van der Waals surface area contributed by atoms with Crippen LogP contribution in [0.3, 0.4) is 0 Å². The van der Waals surface area contributed by atoms with Gasteiger partial charge < -0.3 is 4.74 Å². The van der Waals surface area contributed by atoms with Crippen LogP contribution in [0.25, 0.3) is 16.5 Å². The molecule has 0 radical (unpaired) electrons. The van der Waals surface area contributed by atoms with Crippen molar-refractivity contribution in [3.63, 3.8) is 0 Å². The lowest BCUT2D eigenvalue weighted by Gasteiger charge is -2.13. The smallest absolute Gasteiger partial charge is 0.302 e. The fourth-order valence-corrected chi connectivity index (χ4v) is 3.54. The first-order valence-corrected chi connectivity index (χ1v) is 9.27. The van der Waals surface area contributed by atoms with Crippen LogP contribution in [0.4, 0.5) is 0 Å². The van der Waals surface area contributed by atoms with Crippen molar-refractivity contribution >= 4 is 32.7 Å². The second kappa shape index (κ2) is 6.68. The van der Waals surface area contributed by atoms with Crippen LogP contribution in [-0.2, 0) is 16.1 Å². The van der Waals surface area contributed by atoms with Crippen LogP contribution in [-0.4, -0.2) is 15.7 Å². The molecular weight excluding hydrogens is 396 g/mol. The van der Waals surface area contributed by atoms with Crippen molar-refractivity contribution in [1.29, 1.82) is 0 Å². The monoisotopic (exact) mass is 412 g/mol. The van der Waals surface area contributed by atoms with Crippen molar-refractivity contribution in [2.24, 2.45) is 0 Å². The quantitative estimate of drug-likeness (QED) is 0.605. The van der Waals surface area contributed by atoms with E-state index in [-0.39, 0.29) is 18.1 Å². The molecule has 1 heterocycles. The summed E-state index contributed by atoms with van der Waals surface area (Å²) in [6.45, 7) is 1.42. The maximum Gasteiger partial charge on any atom is 0.302 e. The van der Waals surface area contributed by atoms with E-state index in [4.69, 9.17) is 4.74 Å². The lowest BCUT2D eigenvalue weighted by molar-refractivity contribution is -0.142. The van der Waals surface area contributed by atoms with Crippen LogP contribution in [0.15, 0.2) is 51.9 Å². The standard InChI is InChI=1S/C20H17BrN2O3/c1-12(24)26-11-17-18(21)3-2-4-19(17)23-20(25)16-8-7-14(13-5-6-13)9-15(16)10-22-23/h2-4,7-10,13H,5-6,11H2,1H3. The Balaban J connectivity index is 1.83. The number of hydrogen-bond acceptors (Lipinski definition) is 4. The van der Waals surface area contributed by atoms with Crippen LogP contribution in [0, 0.1) is 0 Å². The third kappa shape index (κ3) is 3.17. The van der Waals surface area contributed by atoms with Crippen molar-refractivity contribution in [3.05, 3.63) is 68.5 Å². The molecular formula is C20H17BrN2O3. The molecule has 1 fully saturated rings. The zero-order valence-electron chi connectivity index (χ0n) is 14.2. The average molecular weight is 413 g/mol. The summed E-state index contributed by atoms with van der Waals surface area (Å²) in [4.78, 5) is 24.2. The Kier molecular flexibility index (Phi) is 4.36. The van der Waals surface area contributed by atoms with Gasteiger partial charge in [-0.1, -0.05) is 28.1 Å². The first-order chi connectivity index (χ1) is 12.5. The second-order valence-corrected chi connectivity index (χ2v) is 7.35. The first kappa shape index (κ1) is 17.0. The highest BCUT2D eigenvalue weighted by molar-refractivity contribution is 9.10. The van der Waals surface area contributed by atoms with E-state index in [0.717, 1.165) is 9.86 Å². The zero-order chi connectivity index (χ0) is 18.3. The highest BCUT2D eigenvalue weighted by Crippen LogP contribution is 2.40. The van der Waals surface area contributed by atoms with Gasteiger partial charge >= 0.3 is 5.97 Å². The maximum atomic E-state index is 13.0. The number of rotatable bonds is 4. The van der Waals surface area contributed by atoms with E-state index in [0.29, 0.717) is 22.6 Å². The minimum absolute atomic E-state index is 0.0683. The molecule has 0 unspecified atom stereocenters. The van der Waals surface area contributed by atoms with E-state index >= 15 is 0 Å². The molecule has 0 atom stereocenters. The van der Waals surface area contributed by atoms with Gasteiger partial charge in [0, 0.05) is 22.3 Å². The molecule has 0 aliphatic heterocycles. The predicted octanol–water partition coefficient (Wildman–Crippen LogP) is 4.09. The minimum Gasteiger partial charge on any atom is -0.461 e. The number of ether oxygens (including phenoxy) is 1. The van der Waals surface area contributed by atoms with Crippen molar-refractivity contribution in [1.82, 2.24) is 9.78 Å². The zero-order valence-corrected chi connectivity index (χ0v) is 15.8. The summed E-state index contributed by atoms with van der Waals surface area (Å²) in [7, 11) is 0. The van der Waals surface area contributed by atoms with Crippen molar-refractivity contribution < 1.29 is 9.53 Å². The number of carbonyl (C=O) groups is 1. The summed E-state index contributed by atoms with van der Waals surface area (Å²) in [5.41, 5.74) is 2.38. The number of aromatic nitrogens is 2. The number of esters is 1. The van der Waals surface area contributed by atoms with E-state index < -0.39 is 0 Å². The third-order valence-corrected chi connectivity index (χ3v) is 5.34. The van der Waals surface area contributed by atoms with Crippen LogP contribution >= 0.6 is 15.9 Å². The Bertz CT molecular complexity index is 1070. The molecule has 1 aromatic heterocycles. The Labute approximate surface area is 158 Å². The van der Waals surface area contributed by atoms with Gasteiger partial charge in [-0.25, -0.2) is 0 Å². The maximum absolute atomic E-state index is 13.0. The van der Waals surface area contributed by atoms with Gasteiger partial charge in [0.25, 0.3) is 5.56 Å². The molecule has 0 saturated heterocycles. The topological polar surface area (TPSA) is 61.2 Å². The number of fused-ring (bicyclic) bond motifs is 1. The van der Waals surface area contributed by atoms with Crippen LogP contribution < -0.4 is 5.56 Å². The predicted molar refractivity (Wildman–Crippen MR) is 102 cm³/mol. The normalized spacial score (nSPS) is 13.8. The Morgan fingerprint density at radius 2 is 2.12 bits per heavy atom. The number of carbonyl (C=O) groups excluding carboxylic acids is 1. The highest BCUT2D eigenvalue weighted by atomic mass is 79.9. The second-order valence-electron chi connectivity index (χ2n) is 6.50. The van der Waals surface area contributed by atoms with Crippen molar-refractivity contribution in [2.45, 2.75) is 32.3 Å². The molecule has 26 heavy (non-hydrogen) atoms. The van der Waals surface area contributed by atoms with Gasteiger partial charge in [-0.05, 0) is 48.6 Å². The molecule has 1 aliphatic rings. The molecule has 0 bridgehead atoms. The summed E-state index contributed by atoms with van der Waals surface area (Å²) < 4.78 is 7.26. The molecule has 0 amide bonds. The minimum atomic E-state index is -0.377. The lowest BCUT2D eigenvalue weighted by Crippen LogP contribution is -2.22. The highest BCUT2D eigenvalue weighted by Gasteiger charge is 2.24. The van der Waals surface area contributed by atoms with Gasteiger partial charge in [0.1, 0.15) is 6.61 Å². The van der Waals surface area contributed by atoms with Gasteiger partial charge in [0.2, 0.25) is 0 Å². The molecule has 3 aromatic rings. The molecule has 1 saturated carbocycles. The summed E-state index contributed by atoms with van der Waals surface area (Å²) in [5, 5.41) is 5.85. The Morgan fingerprint density at radius 3 is 2.85 bits per heavy atom. The molecule has 0 spiro atoms. The van der Waals surface area contributed by atoms with Gasteiger partial charge in [0.05, 0.1) is 17.3 Å². The van der Waals surface area contributed by atoms with Gasteiger partial charge in [0.15, 0.2) is 0 Å². The first-order valence-electron chi connectivity index (χ1n) is 8.47. The molecule has 0 N–H and O–H groups in total.